The van der Waals surface area contributed by atoms with Gasteiger partial charge in [-0.15, -0.1) is 6.58 Å². The van der Waals surface area contributed by atoms with E-state index in [4.69, 9.17) is 4.74 Å². The maximum absolute atomic E-state index is 12.5. The van der Waals surface area contributed by atoms with Gasteiger partial charge in [-0.05, 0) is 18.4 Å². The first kappa shape index (κ1) is 15.0. The summed E-state index contributed by atoms with van der Waals surface area (Å²) in [5.41, 5.74) is 2.22. The number of carbonyl (C=O) groups is 1. The zero-order chi connectivity index (χ0) is 15.5. The molecule has 0 aliphatic carbocycles. The van der Waals surface area contributed by atoms with Gasteiger partial charge in [0.25, 0.3) is 5.56 Å². The van der Waals surface area contributed by atoms with Crippen molar-refractivity contribution in [2.45, 2.75) is 25.8 Å². The number of hydrogen-bond acceptors (Lipinski definition) is 3. The van der Waals surface area contributed by atoms with Crippen molar-refractivity contribution in [3.05, 3.63) is 46.4 Å². The lowest BCUT2D eigenvalue weighted by atomic mass is 10.1. The standard InChI is InChI=1S/C17H22N2O3/c1-2-8-19-15-6-10-18(17(21)14-7-11-22-12-14)9-5-13(15)3-4-16(19)20/h2-4,14H,1,5-12H2/t14-/m0/s1. The number of ether oxygens (including phenoxy) is 1. The number of amides is 1. The number of rotatable bonds is 3. The van der Waals surface area contributed by atoms with Crippen LogP contribution in [0.5, 0.6) is 0 Å². The van der Waals surface area contributed by atoms with Gasteiger partial charge in [-0.3, -0.25) is 9.59 Å². The van der Waals surface area contributed by atoms with E-state index in [0.717, 1.165) is 25.0 Å². The minimum absolute atomic E-state index is 0.00243. The van der Waals surface area contributed by atoms with Crippen molar-refractivity contribution in [3.8, 4) is 0 Å². The molecule has 2 aliphatic heterocycles. The summed E-state index contributed by atoms with van der Waals surface area (Å²) in [6.45, 7) is 6.86. The summed E-state index contributed by atoms with van der Waals surface area (Å²) in [4.78, 5) is 26.5. The van der Waals surface area contributed by atoms with E-state index in [2.05, 4.69) is 6.58 Å². The summed E-state index contributed by atoms with van der Waals surface area (Å²) >= 11 is 0. The average molecular weight is 302 g/mol. The lowest BCUT2D eigenvalue weighted by Gasteiger charge is -2.23. The van der Waals surface area contributed by atoms with Crippen molar-refractivity contribution in [2.75, 3.05) is 26.3 Å². The molecule has 5 nitrogen and oxygen atoms in total. The van der Waals surface area contributed by atoms with Crippen LogP contribution < -0.4 is 5.56 Å². The summed E-state index contributed by atoms with van der Waals surface area (Å²) in [5.74, 6) is 0.208. The largest absolute Gasteiger partial charge is 0.381 e. The van der Waals surface area contributed by atoms with E-state index in [1.807, 2.05) is 11.0 Å². The van der Waals surface area contributed by atoms with Crippen LogP contribution in [-0.4, -0.2) is 41.7 Å². The number of allylic oxidation sites excluding steroid dienone is 1. The number of nitrogens with zero attached hydrogens (tertiary/aromatic N) is 2. The monoisotopic (exact) mass is 302 g/mol. The molecule has 3 rings (SSSR count). The third kappa shape index (κ3) is 2.86. The van der Waals surface area contributed by atoms with Crippen LogP contribution in [0.15, 0.2) is 29.6 Å². The van der Waals surface area contributed by atoms with Crippen LogP contribution in [0, 0.1) is 5.92 Å². The molecule has 1 fully saturated rings. The van der Waals surface area contributed by atoms with E-state index < -0.39 is 0 Å². The Morgan fingerprint density at radius 3 is 2.91 bits per heavy atom. The molecule has 2 aliphatic rings. The molecule has 1 saturated heterocycles. The third-order valence-electron chi connectivity index (χ3n) is 4.56. The molecule has 0 spiro atoms. The number of aromatic nitrogens is 1. The van der Waals surface area contributed by atoms with E-state index in [-0.39, 0.29) is 17.4 Å². The van der Waals surface area contributed by atoms with Gasteiger partial charge in [0.1, 0.15) is 0 Å². The number of pyridine rings is 1. The molecule has 3 heterocycles. The lowest BCUT2D eigenvalue weighted by molar-refractivity contribution is -0.135. The first-order valence-electron chi connectivity index (χ1n) is 7.89. The Balaban J connectivity index is 1.80. The molecule has 0 radical (unpaired) electrons. The third-order valence-corrected chi connectivity index (χ3v) is 4.56. The first-order valence-corrected chi connectivity index (χ1v) is 7.89. The summed E-state index contributed by atoms with van der Waals surface area (Å²) in [6, 6.07) is 3.52. The average Bonchev–Trinajstić information content (AvgIpc) is 2.97. The molecule has 0 aromatic carbocycles. The maximum Gasteiger partial charge on any atom is 0.251 e. The molecule has 0 unspecified atom stereocenters. The Bertz CT molecular complexity index is 629. The molecule has 1 aromatic heterocycles. The molecule has 1 aromatic rings. The predicted molar refractivity (Wildman–Crippen MR) is 83.8 cm³/mol. The smallest absolute Gasteiger partial charge is 0.251 e. The Hall–Kier alpha value is -1.88. The topological polar surface area (TPSA) is 51.5 Å². The van der Waals surface area contributed by atoms with E-state index in [1.165, 1.54) is 5.56 Å². The van der Waals surface area contributed by atoms with Gasteiger partial charge in [0, 0.05) is 44.4 Å². The van der Waals surface area contributed by atoms with Crippen LogP contribution in [0.2, 0.25) is 0 Å². The Morgan fingerprint density at radius 1 is 1.36 bits per heavy atom. The van der Waals surface area contributed by atoms with Gasteiger partial charge in [-0.1, -0.05) is 12.1 Å². The molecule has 118 valence electrons. The zero-order valence-corrected chi connectivity index (χ0v) is 12.8. The fraction of sp³-hybridized carbons (Fsp3) is 0.529. The highest BCUT2D eigenvalue weighted by Crippen LogP contribution is 2.19. The van der Waals surface area contributed by atoms with Gasteiger partial charge in [-0.25, -0.2) is 0 Å². The van der Waals surface area contributed by atoms with Gasteiger partial charge in [0.05, 0.1) is 12.5 Å². The van der Waals surface area contributed by atoms with Crippen LogP contribution in [0.1, 0.15) is 17.7 Å². The van der Waals surface area contributed by atoms with Crippen molar-refractivity contribution < 1.29 is 9.53 Å². The summed E-state index contributed by atoms with van der Waals surface area (Å²) in [7, 11) is 0. The highest BCUT2D eigenvalue weighted by molar-refractivity contribution is 5.79. The SMILES string of the molecule is C=CCn1c2c(ccc1=O)CCN(C(=O)[C@H]1CCOC1)CC2. The van der Waals surface area contributed by atoms with E-state index in [0.29, 0.717) is 32.8 Å². The summed E-state index contributed by atoms with van der Waals surface area (Å²) < 4.78 is 7.10. The van der Waals surface area contributed by atoms with Gasteiger partial charge < -0.3 is 14.2 Å². The normalized spacial score (nSPS) is 21.3. The highest BCUT2D eigenvalue weighted by Gasteiger charge is 2.29. The number of carbonyl (C=O) groups excluding carboxylic acids is 1. The van der Waals surface area contributed by atoms with Crippen molar-refractivity contribution in [1.82, 2.24) is 9.47 Å². The second-order valence-corrected chi connectivity index (χ2v) is 5.93. The van der Waals surface area contributed by atoms with Gasteiger partial charge in [0.15, 0.2) is 0 Å². The first-order chi connectivity index (χ1) is 10.7. The lowest BCUT2D eigenvalue weighted by Crippen LogP contribution is -2.38. The van der Waals surface area contributed by atoms with Crippen LogP contribution in [0.4, 0.5) is 0 Å². The highest BCUT2D eigenvalue weighted by atomic mass is 16.5. The predicted octanol–water partition coefficient (Wildman–Crippen LogP) is 0.998. The van der Waals surface area contributed by atoms with Gasteiger partial charge in [-0.2, -0.15) is 0 Å². The van der Waals surface area contributed by atoms with E-state index in [9.17, 15) is 9.59 Å². The quantitative estimate of drug-likeness (QED) is 0.783. The molecule has 5 heteroatoms. The summed E-state index contributed by atoms with van der Waals surface area (Å²) in [6.07, 6.45) is 4.08. The fourth-order valence-electron chi connectivity index (χ4n) is 3.33. The second-order valence-electron chi connectivity index (χ2n) is 5.93. The molecule has 0 saturated carbocycles. The molecular formula is C17H22N2O3. The molecular weight excluding hydrogens is 280 g/mol. The minimum atomic E-state index is 0.00243. The Labute approximate surface area is 130 Å². The van der Waals surface area contributed by atoms with Crippen molar-refractivity contribution >= 4 is 5.91 Å². The Kier molecular flexibility index (Phi) is 4.43. The minimum Gasteiger partial charge on any atom is -0.381 e. The Morgan fingerprint density at radius 2 is 2.18 bits per heavy atom. The molecule has 0 bridgehead atoms. The second kappa shape index (κ2) is 6.48. The van der Waals surface area contributed by atoms with E-state index >= 15 is 0 Å². The molecule has 0 N–H and O–H groups in total. The van der Waals surface area contributed by atoms with E-state index in [1.54, 1.807) is 16.7 Å². The van der Waals surface area contributed by atoms with Crippen molar-refractivity contribution in [2.24, 2.45) is 5.92 Å². The van der Waals surface area contributed by atoms with Gasteiger partial charge >= 0.3 is 0 Å². The van der Waals surface area contributed by atoms with Crippen molar-refractivity contribution in [1.29, 1.82) is 0 Å². The summed E-state index contributed by atoms with van der Waals surface area (Å²) in [5, 5.41) is 0. The van der Waals surface area contributed by atoms with Crippen molar-refractivity contribution in [3.63, 3.8) is 0 Å². The number of fused-ring (bicyclic) bond motifs is 1. The molecule has 1 atom stereocenters. The van der Waals surface area contributed by atoms with Crippen LogP contribution >= 0.6 is 0 Å². The zero-order valence-electron chi connectivity index (χ0n) is 12.8. The van der Waals surface area contributed by atoms with Gasteiger partial charge in [0.2, 0.25) is 5.91 Å². The molecule has 22 heavy (non-hydrogen) atoms. The number of hydrogen-bond donors (Lipinski definition) is 0. The maximum atomic E-state index is 12.5. The van der Waals surface area contributed by atoms with Crippen LogP contribution in [-0.2, 0) is 28.9 Å². The van der Waals surface area contributed by atoms with Crippen LogP contribution in [0.3, 0.4) is 0 Å². The molecule has 1 amide bonds. The fourth-order valence-corrected chi connectivity index (χ4v) is 3.33. The van der Waals surface area contributed by atoms with Crippen LogP contribution in [0.25, 0.3) is 0 Å².